The molecule has 9 heteroatoms. The molecule has 2 saturated heterocycles. The van der Waals surface area contributed by atoms with Crippen molar-refractivity contribution in [3.05, 3.63) is 31.1 Å². The van der Waals surface area contributed by atoms with Crippen LogP contribution in [0.15, 0.2) is 31.1 Å². The quantitative estimate of drug-likeness (QED) is 0.593. The number of fused-ring (bicyclic) bond motifs is 1. The molecule has 2 aromatic rings. The smallest absolute Gasteiger partial charge is 0.245 e. The van der Waals surface area contributed by atoms with E-state index < -0.39 is 0 Å². The van der Waals surface area contributed by atoms with Crippen molar-refractivity contribution in [2.24, 2.45) is 11.3 Å². The molecule has 0 aromatic carbocycles. The van der Waals surface area contributed by atoms with Gasteiger partial charge in [-0.05, 0) is 30.9 Å². The van der Waals surface area contributed by atoms with E-state index in [4.69, 9.17) is 9.97 Å². The van der Waals surface area contributed by atoms with Crippen molar-refractivity contribution >= 4 is 34.5 Å². The van der Waals surface area contributed by atoms with Gasteiger partial charge in [0.25, 0.3) is 0 Å². The van der Waals surface area contributed by atoms with E-state index in [9.17, 15) is 9.59 Å². The Morgan fingerprint density at radius 1 is 1.27 bits per heavy atom. The molecule has 33 heavy (non-hydrogen) atoms. The third-order valence-corrected chi connectivity index (χ3v) is 6.55. The highest BCUT2D eigenvalue weighted by Crippen LogP contribution is 2.41. The van der Waals surface area contributed by atoms with Crippen LogP contribution in [0.1, 0.15) is 33.1 Å². The van der Waals surface area contributed by atoms with Crippen molar-refractivity contribution in [2.75, 3.05) is 43.4 Å². The molecule has 0 radical (unpaired) electrons. The molecule has 2 aromatic heterocycles. The van der Waals surface area contributed by atoms with Gasteiger partial charge in [-0.15, -0.1) is 0 Å². The SMILES string of the molecule is C=CC(=O)N1CC2(CCN(c3nc(NC(CC(=O)NC)CC(C)C)c4ccncc4n3)C2)C1. The number of carbonyl (C=O) groups excluding carboxylic acids is 2. The summed E-state index contributed by atoms with van der Waals surface area (Å²) in [5, 5.41) is 7.14. The predicted molar refractivity (Wildman–Crippen MR) is 129 cm³/mol. The second-order valence-corrected chi connectivity index (χ2v) is 9.68. The molecule has 0 bridgehead atoms. The van der Waals surface area contributed by atoms with Gasteiger partial charge in [0.05, 0.1) is 11.7 Å². The Morgan fingerprint density at radius 3 is 2.76 bits per heavy atom. The number of anilines is 2. The summed E-state index contributed by atoms with van der Waals surface area (Å²) in [5.74, 6) is 1.81. The third-order valence-electron chi connectivity index (χ3n) is 6.55. The lowest BCUT2D eigenvalue weighted by Crippen LogP contribution is -2.59. The van der Waals surface area contributed by atoms with Crippen molar-refractivity contribution in [2.45, 2.75) is 39.2 Å². The van der Waals surface area contributed by atoms with Crippen LogP contribution in [0.5, 0.6) is 0 Å². The minimum Gasteiger partial charge on any atom is -0.366 e. The number of nitrogens with zero attached hydrogens (tertiary/aromatic N) is 5. The van der Waals surface area contributed by atoms with Gasteiger partial charge in [0.15, 0.2) is 0 Å². The summed E-state index contributed by atoms with van der Waals surface area (Å²) < 4.78 is 0. The molecule has 2 aliphatic rings. The Balaban J connectivity index is 1.57. The van der Waals surface area contributed by atoms with Crippen molar-refractivity contribution in [3.63, 3.8) is 0 Å². The van der Waals surface area contributed by atoms with Gasteiger partial charge in [-0.3, -0.25) is 14.6 Å². The summed E-state index contributed by atoms with van der Waals surface area (Å²) in [6, 6.07) is 1.86. The van der Waals surface area contributed by atoms with Crippen LogP contribution in [0.4, 0.5) is 11.8 Å². The van der Waals surface area contributed by atoms with Crippen LogP contribution in [0.25, 0.3) is 10.9 Å². The van der Waals surface area contributed by atoms with E-state index in [-0.39, 0.29) is 23.3 Å². The maximum Gasteiger partial charge on any atom is 0.245 e. The van der Waals surface area contributed by atoms with Crippen LogP contribution in [0.3, 0.4) is 0 Å². The number of carbonyl (C=O) groups is 2. The van der Waals surface area contributed by atoms with E-state index in [2.05, 4.69) is 40.9 Å². The zero-order valence-electron chi connectivity index (χ0n) is 19.7. The number of amides is 2. The van der Waals surface area contributed by atoms with Crippen molar-refractivity contribution in [3.8, 4) is 0 Å². The Labute approximate surface area is 194 Å². The molecular weight excluding hydrogens is 418 g/mol. The van der Waals surface area contributed by atoms with E-state index in [0.717, 1.165) is 55.7 Å². The molecule has 2 N–H and O–H groups in total. The van der Waals surface area contributed by atoms with Gasteiger partial charge < -0.3 is 20.4 Å². The maximum absolute atomic E-state index is 12.1. The van der Waals surface area contributed by atoms with E-state index >= 15 is 0 Å². The average Bonchev–Trinajstić information content (AvgIpc) is 3.23. The fraction of sp³-hybridized carbons (Fsp3) is 0.542. The average molecular weight is 452 g/mol. The Kier molecular flexibility index (Phi) is 6.49. The van der Waals surface area contributed by atoms with Gasteiger partial charge in [-0.2, -0.15) is 4.98 Å². The number of nitrogens with one attached hydrogen (secondary N) is 2. The molecular formula is C24H33N7O2. The second-order valence-electron chi connectivity index (χ2n) is 9.68. The summed E-state index contributed by atoms with van der Waals surface area (Å²) in [4.78, 5) is 42.0. The minimum absolute atomic E-state index is 0.00139. The lowest BCUT2D eigenvalue weighted by Gasteiger charge is -2.47. The fourth-order valence-corrected chi connectivity index (χ4v) is 4.91. The lowest BCUT2D eigenvalue weighted by atomic mass is 9.79. The molecule has 1 unspecified atom stereocenters. The topological polar surface area (TPSA) is 103 Å². The molecule has 176 valence electrons. The van der Waals surface area contributed by atoms with Crippen molar-refractivity contribution < 1.29 is 9.59 Å². The second kappa shape index (κ2) is 9.33. The number of hydrogen-bond acceptors (Lipinski definition) is 7. The Morgan fingerprint density at radius 2 is 2.06 bits per heavy atom. The monoisotopic (exact) mass is 451 g/mol. The van der Waals surface area contributed by atoms with Gasteiger partial charge in [-0.1, -0.05) is 20.4 Å². The molecule has 4 rings (SSSR count). The molecule has 0 saturated carbocycles. The maximum atomic E-state index is 12.1. The van der Waals surface area contributed by atoms with E-state index in [1.807, 2.05) is 11.0 Å². The summed E-state index contributed by atoms with van der Waals surface area (Å²) in [5.41, 5.74) is 0.866. The van der Waals surface area contributed by atoms with Gasteiger partial charge in [0.2, 0.25) is 17.8 Å². The van der Waals surface area contributed by atoms with Crippen LogP contribution in [0, 0.1) is 11.3 Å². The highest BCUT2D eigenvalue weighted by atomic mass is 16.2. The van der Waals surface area contributed by atoms with Gasteiger partial charge in [0.1, 0.15) is 5.82 Å². The standard InChI is InChI=1S/C24H33N7O2/c1-5-21(33)31-14-24(15-31)7-9-30(13-24)23-28-19-12-26-8-6-18(19)22(29-23)27-17(10-16(2)3)11-20(32)25-4/h5-6,8,12,16-17H,1,7,9-11,13-15H2,2-4H3,(H,25,32)(H,27,28,29). The normalized spacial score (nSPS) is 17.8. The third kappa shape index (κ3) is 4.91. The molecule has 2 amide bonds. The highest BCUT2D eigenvalue weighted by molar-refractivity contribution is 5.90. The Bertz CT molecular complexity index is 1050. The zero-order valence-corrected chi connectivity index (χ0v) is 19.7. The summed E-state index contributed by atoms with van der Waals surface area (Å²) in [7, 11) is 1.66. The number of rotatable bonds is 8. The number of pyridine rings is 1. The minimum atomic E-state index is -0.0425. The molecule has 9 nitrogen and oxygen atoms in total. The van der Waals surface area contributed by atoms with Gasteiger partial charge in [-0.25, -0.2) is 4.98 Å². The first-order chi connectivity index (χ1) is 15.8. The van der Waals surface area contributed by atoms with E-state index in [1.165, 1.54) is 6.08 Å². The van der Waals surface area contributed by atoms with E-state index in [0.29, 0.717) is 18.3 Å². The van der Waals surface area contributed by atoms with Crippen LogP contribution >= 0.6 is 0 Å². The number of aromatic nitrogens is 3. The molecule has 0 aliphatic carbocycles. The fourth-order valence-electron chi connectivity index (χ4n) is 4.91. The molecule has 2 fully saturated rings. The van der Waals surface area contributed by atoms with Crippen LogP contribution in [-0.2, 0) is 9.59 Å². The van der Waals surface area contributed by atoms with Crippen molar-refractivity contribution in [1.82, 2.24) is 25.2 Å². The van der Waals surface area contributed by atoms with Crippen LogP contribution in [-0.4, -0.2) is 70.9 Å². The summed E-state index contributed by atoms with van der Waals surface area (Å²) in [6.07, 6.45) is 7.08. The molecule has 2 aliphatic heterocycles. The summed E-state index contributed by atoms with van der Waals surface area (Å²) >= 11 is 0. The van der Waals surface area contributed by atoms with E-state index in [1.54, 1.807) is 19.4 Å². The Hall–Kier alpha value is -3.23. The first-order valence-corrected chi connectivity index (χ1v) is 11.6. The number of likely N-dealkylation sites (tertiary alicyclic amines) is 1. The van der Waals surface area contributed by atoms with Crippen molar-refractivity contribution in [1.29, 1.82) is 0 Å². The zero-order chi connectivity index (χ0) is 23.6. The highest BCUT2D eigenvalue weighted by Gasteiger charge is 2.49. The molecule has 1 atom stereocenters. The molecule has 1 spiro atoms. The summed E-state index contributed by atoms with van der Waals surface area (Å²) in [6.45, 7) is 11.0. The lowest BCUT2D eigenvalue weighted by molar-refractivity contribution is -0.136. The predicted octanol–water partition coefficient (Wildman–Crippen LogP) is 2.21. The largest absolute Gasteiger partial charge is 0.366 e. The van der Waals surface area contributed by atoms with Crippen LogP contribution < -0.4 is 15.5 Å². The first-order valence-electron chi connectivity index (χ1n) is 11.6. The first kappa shape index (κ1) is 22.9. The van der Waals surface area contributed by atoms with Crippen LogP contribution in [0.2, 0.25) is 0 Å². The molecule has 4 heterocycles. The van der Waals surface area contributed by atoms with Gasteiger partial charge >= 0.3 is 0 Å². The number of hydrogen-bond donors (Lipinski definition) is 2. The van der Waals surface area contributed by atoms with Gasteiger partial charge in [0, 0.05) is 62.7 Å².